The maximum absolute atomic E-state index is 12.6. The number of rotatable bonds is 5. The molecule has 0 radical (unpaired) electrons. The predicted molar refractivity (Wildman–Crippen MR) is 104 cm³/mol. The van der Waals surface area contributed by atoms with Crippen molar-refractivity contribution in [3.05, 3.63) is 71.9 Å². The molecule has 1 amide bonds. The molecule has 0 saturated carbocycles. The molecule has 6 heteroatoms. The van der Waals surface area contributed by atoms with Gasteiger partial charge in [0.25, 0.3) is 5.91 Å². The van der Waals surface area contributed by atoms with E-state index in [-0.39, 0.29) is 17.2 Å². The maximum atomic E-state index is 12.6. The van der Waals surface area contributed by atoms with Crippen molar-refractivity contribution in [3.8, 4) is 11.8 Å². The smallest absolute Gasteiger partial charge is 0.266 e. The lowest BCUT2D eigenvalue weighted by molar-refractivity contribution is -0.128. The van der Waals surface area contributed by atoms with E-state index in [4.69, 9.17) is 0 Å². The molecule has 0 bridgehead atoms. The van der Waals surface area contributed by atoms with E-state index in [1.54, 1.807) is 17.0 Å². The first-order chi connectivity index (χ1) is 13.2. The molecule has 1 heterocycles. The Hall–Kier alpha value is -3.30. The van der Waals surface area contributed by atoms with Gasteiger partial charge >= 0.3 is 0 Å². The molecule has 2 aromatic rings. The number of piperazine rings is 1. The topological polar surface area (TPSA) is 79.6 Å². The standard InChI is InChI=1S/C21H22N4O2/c22-14-18(15-23-19-6-8-20(26)9-7-19)21(27)25-12-10-24(11-13-25)16-17-4-2-1-3-5-17/h1-9,15,23,26H,10-13,16H2/b18-15-. The van der Waals surface area contributed by atoms with Crippen LogP contribution in [0.1, 0.15) is 5.56 Å². The number of nitrogens with zero attached hydrogens (tertiary/aromatic N) is 3. The van der Waals surface area contributed by atoms with Gasteiger partial charge in [-0.1, -0.05) is 30.3 Å². The molecule has 2 aromatic carbocycles. The number of hydrogen-bond donors (Lipinski definition) is 2. The molecule has 0 atom stereocenters. The van der Waals surface area contributed by atoms with Crippen LogP contribution in [0.15, 0.2) is 66.4 Å². The number of hydrogen-bond acceptors (Lipinski definition) is 5. The number of benzene rings is 2. The van der Waals surface area contributed by atoms with Crippen LogP contribution in [-0.2, 0) is 11.3 Å². The van der Waals surface area contributed by atoms with Crippen LogP contribution in [0.4, 0.5) is 5.69 Å². The normalized spacial score (nSPS) is 15.2. The predicted octanol–water partition coefficient (Wildman–Crippen LogP) is 2.56. The van der Waals surface area contributed by atoms with Crippen molar-refractivity contribution < 1.29 is 9.90 Å². The van der Waals surface area contributed by atoms with Gasteiger partial charge < -0.3 is 15.3 Å². The second kappa shape index (κ2) is 8.88. The van der Waals surface area contributed by atoms with E-state index in [2.05, 4.69) is 22.3 Å². The Morgan fingerprint density at radius 1 is 1.07 bits per heavy atom. The number of phenolic OH excluding ortho intramolecular Hbond substituents is 1. The lowest BCUT2D eigenvalue weighted by Gasteiger charge is -2.34. The fourth-order valence-corrected chi connectivity index (χ4v) is 2.98. The highest BCUT2D eigenvalue weighted by molar-refractivity contribution is 5.97. The average Bonchev–Trinajstić information content (AvgIpc) is 2.71. The number of amides is 1. The zero-order valence-electron chi connectivity index (χ0n) is 15.0. The van der Waals surface area contributed by atoms with Crippen molar-refractivity contribution in [3.63, 3.8) is 0 Å². The molecule has 0 spiro atoms. The number of aromatic hydroxyl groups is 1. The van der Waals surface area contributed by atoms with Crippen molar-refractivity contribution in [2.45, 2.75) is 6.54 Å². The van der Waals surface area contributed by atoms with Crippen molar-refractivity contribution in [1.82, 2.24) is 9.80 Å². The Morgan fingerprint density at radius 3 is 2.37 bits per heavy atom. The zero-order chi connectivity index (χ0) is 19.1. The summed E-state index contributed by atoms with van der Waals surface area (Å²) < 4.78 is 0. The summed E-state index contributed by atoms with van der Waals surface area (Å²) in [7, 11) is 0. The Bertz CT molecular complexity index is 833. The average molecular weight is 362 g/mol. The number of carbonyl (C=O) groups excluding carboxylic acids is 1. The Morgan fingerprint density at radius 2 is 1.74 bits per heavy atom. The highest BCUT2D eigenvalue weighted by atomic mass is 16.3. The molecule has 1 fully saturated rings. The van der Waals surface area contributed by atoms with E-state index < -0.39 is 0 Å². The number of nitriles is 1. The molecule has 3 rings (SSSR count). The van der Waals surface area contributed by atoms with E-state index in [1.807, 2.05) is 24.3 Å². The van der Waals surface area contributed by atoms with Crippen LogP contribution < -0.4 is 5.32 Å². The molecule has 27 heavy (non-hydrogen) atoms. The minimum Gasteiger partial charge on any atom is -0.508 e. The second-order valence-corrected chi connectivity index (χ2v) is 6.41. The summed E-state index contributed by atoms with van der Waals surface area (Å²) in [6.45, 7) is 3.63. The van der Waals surface area contributed by atoms with Gasteiger partial charge in [0.1, 0.15) is 17.4 Å². The highest BCUT2D eigenvalue weighted by Gasteiger charge is 2.23. The zero-order valence-corrected chi connectivity index (χ0v) is 15.0. The molecule has 2 N–H and O–H groups in total. The highest BCUT2D eigenvalue weighted by Crippen LogP contribution is 2.15. The first kappa shape index (κ1) is 18.5. The van der Waals surface area contributed by atoms with Gasteiger partial charge in [-0.05, 0) is 29.8 Å². The van der Waals surface area contributed by atoms with Crippen LogP contribution >= 0.6 is 0 Å². The van der Waals surface area contributed by atoms with Crippen LogP contribution in [0.25, 0.3) is 0 Å². The fraction of sp³-hybridized carbons (Fsp3) is 0.238. The summed E-state index contributed by atoms with van der Waals surface area (Å²) in [6.07, 6.45) is 1.42. The SMILES string of the molecule is N#C/C(=C/Nc1ccc(O)cc1)C(=O)N1CCN(Cc2ccccc2)CC1. The maximum Gasteiger partial charge on any atom is 0.266 e. The molecule has 1 aliphatic rings. The van der Waals surface area contributed by atoms with Crippen LogP contribution in [0, 0.1) is 11.3 Å². The molecule has 6 nitrogen and oxygen atoms in total. The number of carbonyl (C=O) groups is 1. The van der Waals surface area contributed by atoms with E-state index in [0.717, 1.165) is 19.6 Å². The third kappa shape index (κ3) is 5.09. The van der Waals surface area contributed by atoms with Crippen molar-refractivity contribution in [1.29, 1.82) is 5.26 Å². The lowest BCUT2D eigenvalue weighted by atomic mass is 10.2. The monoisotopic (exact) mass is 362 g/mol. The third-order valence-electron chi connectivity index (χ3n) is 4.51. The van der Waals surface area contributed by atoms with Crippen molar-refractivity contribution in [2.24, 2.45) is 0 Å². The van der Waals surface area contributed by atoms with Gasteiger partial charge in [0, 0.05) is 44.6 Å². The second-order valence-electron chi connectivity index (χ2n) is 6.41. The summed E-state index contributed by atoms with van der Waals surface area (Å²) in [5, 5.41) is 21.6. The van der Waals surface area contributed by atoms with Crippen LogP contribution in [-0.4, -0.2) is 47.0 Å². The molecule has 0 unspecified atom stereocenters. The summed E-state index contributed by atoms with van der Waals surface area (Å²) in [5.41, 5.74) is 2.02. The van der Waals surface area contributed by atoms with E-state index in [9.17, 15) is 15.2 Å². The largest absolute Gasteiger partial charge is 0.508 e. The molecule has 0 aliphatic carbocycles. The van der Waals surface area contributed by atoms with Gasteiger partial charge in [0.2, 0.25) is 0 Å². The van der Waals surface area contributed by atoms with Gasteiger partial charge in [-0.2, -0.15) is 5.26 Å². The van der Waals surface area contributed by atoms with E-state index in [0.29, 0.717) is 18.8 Å². The van der Waals surface area contributed by atoms with Gasteiger partial charge in [0.15, 0.2) is 0 Å². The van der Waals surface area contributed by atoms with Crippen molar-refractivity contribution >= 4 is 11.6 Å². The van der Waals surface area contributed by atoms with Gasteiger partial charge in [-0.25, -0.2) is 0 Å². The summed E-state index contributed by atoms with van der Waals surface area (Å²) in [4.78, 5) is 16.6. The molecule has 138 valence electrons. The van der Waals surface area contributed by atoms with E-state index >= 15 is 0 Å². The van der Waals surface area contributed by atoms with E-state index in [1.165, 1.54) is 23.9 Å². The van der Waals surface area contributed by atoms with Crippen LogP contribution in [0.3, 0.4) is 0 Å². The molecular formula is C21H22N4O2. The Labute approximate surface area is 158 Å². The quantitative estimate of drug-likeness (QED) is 0.485. The number of nitrogens with one attached hydrogen (secondary N) is 1. The third-order valence-corrected chi connectivity index (χ3v) is 4.51. The minimum absolute atomic E-state index is 0.0691. The molecule has 0 aromatic heterocycles. The lowest BCUT2D eigenvalue weighted by Crippen LogP contribution is -2.48. The summed E-state index contributed by atoms with van der Waals surface area (Å²) in [6, 6.07) is 18.7. The summed E-state index contributed by atoms with van der Waals surface area (Å²) >= 11 is 0. The van der Waals surface area contributed by atoms with Gasteiger partial charge in [0.05, 0.1) is 0 Å². The first-order valence-electron chi connectivity index (χ1n) is 8.87. The molecule has 1 aliphatic heterocycles. The molecule has 1 saturated heterocycles. The van der Waals surface area contributed by atoms with Crippen molar-refractivity contribution in [2.75, 3.05) is 31.5 Å². The fourth-order valence-electron chi connectivity index (χ4n) is 2.98. The number of anilines is 1. The number of phenols is 1. The van der Waals surface area contributed by atoms with Gasteiger partial charge in [-0.15, -0.1) is 0 Å². The minimum atomic E-state index is -0.261. The first-order valence-corrected chi connectivity index (χ1v) is 8.87. The molecular weight excluding hydrogens is 340 g/mol. The van der Waals surface area contributed by atoms with Gasteiger partial charge in [-0.3, -0.25) is 9.69 Å². The Balaban J connectivity index is 1.54. The van der Waals surface area contributed by atoms with Crippen LogP contribution in [0.5, 0.6) is 5.75 Å². The van der Waals surface area contributed by atoms with Crippen LogP contribution in [0.2, 0.25) is 0 Å². The Kier molecular flexibility index (Phi) is 6.08. The summed E-state index contributed by atoms with van der Waals surface area (Å²) in [5.74, 6) is -0.0994.